The fraction of sp³-hybridized carbons (Fsp3) is 0.562. The van der Waals surface area contributed by atoms with Crippen molar-refractivity contribution < 1.29 is 26.8 Å². The highest BCUT2D eigenvalue weighted by Crippen LogP contribution is 2.47. The van der Waals surface area contributed by atoms with Crippen molar-refractivity contribution in [1.82, 2.24) is 9.79 Å². The number of benzene rings is 1. The maximum absolute atomic E-state index is 15.6. The van der Waals surface area contributed by atoms with Gasteiger partial charge in [-0.15, -0.1) is 11.6 Å². The average Bonchev–Trinajstić information content (AvgIpc) is 2.59. The number of nitrogens with zero attached hydrogens (tertiary/aromatic N) is 1. The fourth-order valence-electron chi connectivity index (χ4n) is 2.80. The molecule has 0 radical (unpaired) electrons. The van der Waals surface area contributed by atoms with Crippen LogP contribution in [-0.4, -0.2) is 49.0 Å². The molecular formula is C16H21ClF2N2O4S. The molecule has 1 aromatic rings. The number of hydrogen-bond acceptors (Lipinski definition) is 4. The Balaban J connectivity index is 2.34. The third kappa shape index (κ3) is 3.85. The predicted octanol–water partition coefficient (Wildman–Crippen LogP) is 2.75. The smallest absolute Gasteiger partial charge is 0.267 e. The molecule has 0 aromatic heterocycles. The van der Waals surface area contributed by atoms with Crippen molar-refractivity contribution in [3.05, 3.63) is 35.9 Å². The largest absolute Gasteiger partial charge is 0.378 e. The lowest BCUT2D eigenvalue weighted by atomic mass is 9.85. The van der Waals surface area contributed by atoms with Crippen LogP contribution in [0.4, 0.5) is 8.78 Å². The lowest BCUT2D eigenvalue weighted by Crippen LogP contribution is -2.62. The van der Waals surface area contributed by atoms with Crippen molar-refractivity contribution in [3.8, 4) is 0 Å². The van der Waals surface area contributed by atoms with Crippen LogP contribution in [0.1, 0.15) is 36.0 Å². The topological polar surface area (TPSA) is 75.7 Å². The summed E-state index contributed by atoms with van der Waals surface area (Å²) in [7, 11) is -2.80. The molecule has 26 heavy (non-hydrogen) atoms. The number of nitrogens with one attached hydrogen (secondary N) is 1. The Kier molecular flexibility index (Phi) is 6.27. The van der Waals surface area contributed by atoms with E-state index in [9.17, 15) is 13.2 Å². The molecule has 1 N–H and O–H groups in total. The van der Waals surface area contributed by atoms with Gasteiger partial charge in [0, 0.05) is 31.5 Å². The molecule has 1 fully saturated rings. The Labute approximate surface area is 156 Å². The van der Waals surface area contributed by atoms with Crippen LogP contribution >= 0.6 is 11.6 Å². The summed E-state index contributed by atoms with van der Waals surface area (Å²) in [6.07, 6.45) is -0.336. The molecule has 1 saturated carbocycles. The van der Waals surface area contributed by atoms with Gasteiger partial charge in [-0.3, -0.25) is 4.79 Å². The molecule has 0 saturated heterocycles. The van der Waals surface area contributed by atoms with E-state index in [1.807, 2.05) is 0 Å². The summed E-state index contributed by atoms with van der Waals surface area (Å²) in [6.45, 7) is 0. The number of amides is 1. The first-order valence-electron chi connectivity index (χ1n) is 8.01. The Bertz CT molecular complexity index is 750. The van der Waals surface area contributed by atoms with Crippen LogP contribution in [0, 0.1) is 0 Å². The highest BCUT2D eigenvalue weighted by molar-refractivity contribution is 7.90. The number of halogens is 3. The number of alkyl halides is 3. The van der Waals surface area contributed by atoms with E-state index in [-0.39, 0.29) is 12.0 Å². The Morgan fingerprint density at radius 2 is 2.00 bits per heavy atom. The molecule has 1 amide bonds. The molecule has 6 nitrogen and oxygen atoms in total. The van der Waals surface area contributed by atoms with Gasteiger partial charge in [-0.25, -0.2) is 27.4 Å². The van der Waals surface area contributed by atoms with Crippen LogP contribution in [0.5, 0.6) is 0 Å². The van der Waals surface area contributed by atoms with E-state index in [2.05, 4.69) is 4.84 Å². The maximum Gasteiger partial charge on any atom is 0.378 e. The lowest BCUT2D eigenvalue weighted by molar-refractivity contribution is -0.206. The summed E-state index contributed by atoms with van der Waals surface area (Å²) in [4.78, 5) is 16.7. The second kappa shape index (κ2) is 7.75. The molecule has 0 bridgehead atoms. The second-order valence-corrected chi connectivity index (χ2v) is 9.20. The summed E-state index contributed by atoms with van der Waals surface area (Å²) < 4.78 is 56.6. The van der Waals surface area contributed by atoms with Gasteiger partial charge in [0.2, 0.25) is 0 Å². The molecule has 0 heterocycles. The maximum atomic E-state index is 15.6. The lowest BCUT2D eigenvalue weighted by Gasteiger charge is -2.41. The van der Waals surface area contributed by atoms with Crippen LogP contribution in [-0.2, 0) is 14.9 Å². The van der Waals surface area contributed by atoms with Crippen LogP contribution in [0.15, 0.2) is 30.3 Å². The van der Waals surface area contributed by atoms with E-state index < -0.39 is 45.0 Å². The third-order valence-corrected chi connectivity index (χ3v) is 6.74. The van der Waals surface area contributed by atoms with Gasteiger partial charge < -0.3 is 0 Å². The Morgan fingerprint density at radius 3 is 2.54 bits per heavy atom. The molecular weight excluding hydrogens is 390 g/mol. The van der Waals surface area contributed by atoms with E-state index in [0.29, 0.717) is 10.7 Å². The zero-order valence-electron chi connectivity index (χ0n) is 14.4. The highest BCUT2D eigenvalue weighted by Gasteiger charge is 2.66. The fourth-order valence-corrected chi connectivity index (χ4v) is 4.46. The number of carbonyl (C=O) groups excluding carboxylic acids is 1. The molecule has 0 aliphatic heterocycles. The number of hydroxylamine groups is 1. The van der Waals surface area contributed by atoms with E-state index in [1.54, 1.807) is 23.7 Å². The van der Waals surface area contributed by atoms with Crippen molar-refractivity contribution in [2.24, 2.45) is 0 Å². The Morgan fingerprint density at radius 1 is 1.38 bits per heavy atom. The number of hydrogen-bond donors (Lipinski definition) is 1. The minimum Gasteiger partial charge on any atom is -0.267 e. The van der Waals surface area contributed by atoms with E-state index in [4.69, 9.17) is 11.6 Å². The summed E-state index contributed by atoms with van der Waals surface area (Å²) in [5.41, 5.74) is -1.08. The zero-order valence-corrected chi connectivity index (χ0v) is 16.0. The van der Waals surface area contributed by atoms with Gasteiger partial charge in [0.25, 0.3) is 15.9 Å². The first-order chi connectivity index (χ1) is 12.0. The van der Waals surface area contributed by atoms with Gasteiger partial charge in [-0.2, -0.15) is 4.39 Å². The molecule has 1 aromatic carbocycles. The second-order valence-electron chi connectivity index (χ2n) is 6.38. The molecule has 3 unspecified atom stereocenters. The average molecular weight is 411 g/mol. The molecule has 1 aliphatic rings. The standard InChI is InChI=1S/C16H21ClF2N2O4S/c1-21(2)26(23,24)16(19,15(18)10-6-9-13(17)11-15)25-20-14(22)12-7-4-3-5-8-12/h3-5,7-8,13H,6,9-11H2,1-2H3,(H,20,22). The summed E-state index contributed by atoms with van der Waals surface area (Å²) in [5, 5.41) is -4.56. The quantitative estimate of drug-likeness (QED) is 0.578. The molecule has 2 rings (SSSR count). The molecule has 0 spiro atoms. The number of sulfonamides is 1. The number of carbonyl (C=O) groups is 1. The normalized spacial score (nSPS) is 26.3. The minimum atomic E-state index is -4.90. The van der Waals surface area contributed by atoms with Gasteiger partial charge in [0.1, 0.15) is 0 Å². The first kappa shape index (κ1) is 21.0. The predicted molar refractivity (Wildman–Crippen MR) is 93.4 cm³/mol. The van der Waals surface area contributed by atoms with Crippen LogP contribution in [0.2, 0.25) is 0 Å². The van der Waals surface area contributed by atoms with Crippen molar-refractivity contribution in [2.45, 2.75) is 41.9 Å². The van der Waals surface area contributed by atoms with Gasteiger partial charge >= 0.3 is 5.19 Å². The summed E-state index contributed by atoms with van der Waals surface area (Å²) in [6, 6.07) is 7.61. The first-order valence-corrected chi connectivity index (χ1v) is 9.88. The van der Waals surface area contributed by atoms with Crippen LogP contribution in [0.25, 0.3) is 0 Å². The highest BCUT2D eigenvalue weighted by atomic mass is 35.5. The van der Waals surface area contributed by atoms with Gasteiger partial charge in [-0.05, 0) is 31.4 Å². The van der Waals surface area contributed by atoms with Crippen molar-refractivity contribution >= 4 is 27.5 Å². The number of rotatable bonds is 6. The van der Waals surface area contributed by atoms with Gasteiger partial charge in [-0.1, -0.05) is 18.2 Å². The van der Waals surface area contributed by atoms with Crippen LogP contribution < -0.4 is 5.48 Å². The minimum absolute atomic E-state index is 0.101. The molecule has 1 aliphatic carbocycles. The van der Waals surface area contributed by atoms with Crippen LogP contribution in [0.3, 0.4) is 0 Å². The Hall–Kier alpha value is -1.29. The van der Waals surface area contributed by atoms with E-state index in [0.717, 1.165) is 14.1 Å². The van der Waals surface area contributed by atoms with Gasteiger partial charge in [0.15, 0.2) is 5.67 Å². The summed E-state index contributed by atoms with van der Waals surface area (Å²) >= 11 is 5.94. The van der Waals surface area contributed by atoms with E-state index in [1.165, 1.54) is 12.1 Å². The molecule has 3 atom stereocenters. The molecule has 146 valence electrons. The SMILES string of the molecule is CN(C)S(=O)(=O)C(F)(ONC(=O)c1ccccc1)C1(F)CCCC(Cl)C1. The van der Waals surface area contributed by atoms with Crippen molar-refractivity contribution in [1.29, 1.82) is 0 Å². The van der Waals surface area contributed by atoms with Gasteiger partial charge in [0.05, 0.1) is 0 Å². The van der Waals surface area contributed by atoms with Crippen molar-refractivity contribution in [2.75, 3.05) is 14.1 Å². The van der Waals surface area contributed by atoms with Crippen molar-refractivity contribution in [3.63, 3.8) is 0 Å². The molecule has 10 heteroatoms. The third-order valence-electron chi connectivity index (χ3n) is 4.29. The van der Waals surface area contributed by atoms with E-state index >= 15 is 8.78 Å². The zero-order chi connectivity index (χ0) is 19.6. The summed E-state index contributed by atoms with van der Waals surface area (Å²) in [5.74, 6) is -0.900. The monoisotopic (exact) mass is 410 g/mol.